The number of nitrogens with two attached hydrogens (primary N) is 1. The molecular weight excluding hydrogens is 230 g/mol. The Kier molecular flexibility index (Phi) is 3.71. The Morgan fingerprint density at radius 3 is 3.00 bits per heavy atom. The van der Waals surface area contributed by atoms with Crippen LogP contribution in [-0.2, 0) is 11.2 Å². The average Bonchev–Trinajstić information content (AvgIpc) is 2.73. The van der Waals surface area contributed by atoms with Gasteiger partial charge in [0.05, 0.1) is 6.04 Å². The second kappa shape index (κ2) is 5.25. The Labute approximate surface area is 105 Å². The number of ketones is 1. The molecule has 1 unspecified atom stereocenters. The van der Waals surface area contributed by atoms with Crippen molar-refractivity contribution in [2.24, 2.45) is 5.73 Å². The minimum atomic E-state index is -0.425. The van der Waals surface area contributed by atoms with Gasteiger partial charge in [-0.3, -0.25) is 4.79 Å². The third-order valence-electron chi connectivity index (χ3n) is 2.76. The van der Waals surface area contributed by atoms with Crippen molar-refractivity contribution in [1.82, 2.24) is 0 Å². The average molecular weight is 245 g/mol. The molecule has 0 saturated heterocycles. The van der Waals surface area contributed by atoms with E-state index in [2.05, 4.69) is 12.6 Å². The van der Waals surface area contributed by atoms with Gasteiger partial charge in [0.2, 0.25) is 0 Å². The maximum Gasteiger partial charge on any atom is 0.154 e. The fourth-order valence-corrected chi connectivity index (χ4v) is 2.76. The quantitative estimate of drug-likeness (QED) is 0.823. The Morgan fingerprint density at radius 1 is 1.47 bits per heavy atom. The summed E-state index contributed by atoms with van der Waals surface area (Å²) in [5.74, 6) is 0.0773. The minimum absolute atomic E-state index is 0.0773. The van der Waals surface area contributed by atoms with Crippen molar-refractivity contribution < 1.29 is 4.79 Å². The molecule has 0 bridgehead atoms. The molecule has 2 N–H and O–H groups in total. The summed E-state index contributed by atoms with van der Waals surface area (Å²) in [7, 11) is 0. The second-order valence-corrected chi connectivity index (χ2v) is 4.94. The highest BCUT2D eigenvalue weighted by Crippen LogP contribution is 2.26. The van der Waals surface area contributed by atoms with Crippen LogP contribution in [0.15, 0.2) is 42.3 Å². The van der Waals surface area contributed by atoms with Gasteiger partial charge < -0.3 is 5.73 Å². The molecule has 0 aliphatic heterocycles. The van der Waals surface area contributed by atoms with E-state index in [-0.39, 0.29) is 5.78 Å². The zero-order valence-corrected chi connectivity index (χ0v) is 10.4. The highest BCUT2D eigenvalue weighted by atomic mass is 32.1. The standard InChI is InChI=1S/C14H15NOS/c1-2-5-12(15)13(16)8-10-9-17-14-7-4-3-6-11(10)14/h2-4,6-7,9,12H,1,5,8,15H2. The lowest BCUT2D eigenvalue weighted by Gasteiger charge is -2.07. The lowest BCUT2D eigenvalue weighted by molar-refractivity contribution is -0.119. The molecule has 1 aromatic carbocycles. The molecule has 0 amide bonds. The van der Waals surface area contributed by atoms with E-state index in [9.17, 15) is 4.79 Å². The first-order chi connectivity index (χ1) is 8.22. The van der Waals surface area contributed by atoms with E-state index >= 15 is 0 Å². The van der Waals surface area contributed by atoms with Crippen molar-refractivity contribution in [2.75, 3.05) is 0 Å². The second-order valence-electron chi connectivity index (χ2n) is 4.03. The van der Waals surface area contributed by atoms with Gasteiger partial charge in [0.15, 0.2) is 5.78 Å². The van der Waals surface area contributed by atoms with Crippen LogP contribution in [0.2, 0.25) is 0 Å². The van der Waals surface area contributed by atoms with Crippen molar-refractivity contribution in [3.05, 3.63) is 47.9 Å². The molecule has 0 spiro atoms. The Hall–Kier alpha value is -1.45. The highest BCUT2D eigenvalue weighted by Gasteiger charge is 2.14. The molecule has 1 heterocycles. The topological polar surface area (TPSA) is 43.1 Å². The maximum absolute atomic E-state index is 11.9. The van der Waals surface area contributed by atoms with Crippen LogP contribution in [0, 0.1) is 0 Å². The molecular formula is C14H15NOS. The van der Waals surface area contributed by atoms with Gasteiger partial charge >= 0.3 is 0 Å². The zero-order chi connectivity index (χ0) is 12.3. The number of Topliss-reactive ketones (excluding diaryl/α,β-unsaturated/α-hetero) is 1. The number of rotatable bonds is 5. The van der Waals surface area contributed by atoms with Crippen LogP contribution in [0.4, 0.5) is 0 Å². The van der Waals surface area contributed by atoms with E-state index in [4.69, 9.17) is 5.73 Å². The van der Waals surface area contributed by atoms with Gasteiger partial charge in [-0.15, -0.1) is 17.9 Å². The van der Waals surface area contributed by atoms with Crippen LogP contribution in [0.5, 0.6) is 0 Å². The van der Waals surface area contributed by atoms with Gasteiger partial charge in [0, 0.05) is 11.1 Å². The van der Waals surface area contributed by atoms with Crippen molar-refractivity contribution >= 4 is 27.2 Å². The Bertz CT molecular complexity index is 544. The SMILES string of the molecule is C=CCC(N)C(=O)Cc1csc2ccccc12. The molecule has 1 aromatic heterocycles. The monoisotopic (exact) mass is 245 g/mol. The number of carbonyl (C=O) groups excluding carboxylic acids is 1. The molecule has 0 aliphatic carbocycles. The minimum Gasteiger partial charge on any atom is -0.321 e. The molecule has 2 nitrogen and oxygen atoms in total. The number of hydrogen-bond acceptors (Lipinski definition) is 3. The van der Waals surface area contributed by atoms with E-state index in [1.54, 1.807) is 17.4 Å². The maximum atomic E-state index is 11.9. The van der Waals surface area contributed by atoms with Crippen molar-refractivity contribution in [2.45, 2.75) is 18.9 Å². The Morgan fingerprint density at radius 2 is 2.24 bits per heavy atom. The van der Waals surface area contributed by atoms with Crippen LogP contribution in [0.3, 0.4) is 0 Å². The fraction of sp³-hybridized carbons (Fsp3) is 0.214. The first-order valence-electron chi connectivity index (χ1n) is 5.56. The summed E-state index contributed by atoms with van der Waals surface area (Å²) in [5.41, 5.74) is 6.85. The smallest absolute Gasteiger partial charge is 0.154 e. The van der Waals surface area contributed by atoms with E-state index < -0.39 is 6.04 Å². The number of fused-ring (bicyclic) bond motifs is 1. The van der Waals surface area contributed by atoms with Gasteiger partial charge in [-0.25, -0.2) is 0 Å². The van der Waals surface area contributed by atoms with Gasteiger partial charge in [-0.2, -0.15) is 0 Å². The zero-order valence-electron chi connectivity index (χ0n) is 9.56. The molecule has 2 aromatic rings. The molecule has 2 rings (SSSR count). The molecule has 3 heteroatoms. The normalized spacial score (nSPS) is 12.5. The van der Waals surface area contributed by atoms with Crippen LogP contribution in [-0.4, -0.2) is 11.8 Å². The molecule has 17 heavy (non-hydrogen) atoms. The third-order valence-corrected chi connectivity index (χ3v) is 3.77. The number of thiophene rings is 1. The van der Waals surface area contributed by atoms with Crippen molar-refractivity contribution in [3.63, 3.8) is 0 Å². The lowest BCUT2D eigenvalue weighted by atomic mass is 10.0. The van der Waals surface area contributed by atoms with Crippen LogP contribution in [0.25, 0.3) is 10.1 Å². The molecule has 0 radical (unpaired) electrons. The summed E-state index contributed by atoms with van der Waals surface area (Å²) in [6, 6.07) is 7.69. The van der Waals surface area contributed by atoms with E-state index in [0.29, 0.717) is 12.8 Å². The number of benzene rings is 1. The fourth-order valence-electron chi connectivity index (χ4n) is 1.80. The lowest BCUT2D eigenvalue weighted by Crippen LogP contribution is -2.31. The van der Waals surface area contributed by atoms with Crippen LogP contribution >= 0.6 is 11.3 Å². The summed E-state index contributed by atoms with van der Waals surface area (Å²) in [6.07, 6.45) is 2.65. The van der Waals surface area contributed by atoms with Gasteiger partial charge in [-0.05, 0) is 28.8 Å². The van der Waals surface area contributed by atoms with Crippen LogP contribution in [0.1, 0.15) is 12.0 Å². The van der Waals surface area contributed by atoms with E-state index in [0.717, 1.165) is 10.9 Å². The van der Waals surface area contributed by atoms with Gasteiger partial charge in [-0.1, -0.05) is 24.3 Å². The van der Waals surface area contributed by atoms with Gasteiger partial charge in [0.25, 0.3) is 0 Å². The summed E-state index contributed by atoms with van der Waals surface area (Å²) in [4.78, 5) is 11.9. The Balaban J connectivity index is 2.18. The highest BCUT2D eigenvalue weighted by molar-refractivity contribution is 7.17. The van der Waals surface area contributed by atoms with Gasteiger partial charge in [0.1, 0.15) is 0 Å². The predicted octanol–water partition coefficient (Wildman–Crippen LogP) is 2.92. The summed E-state index contributed by atoms with van der Waals surface area (Å²) in [5, 5.41) is 3.21. The van der Waals surface area contributed by atoms with Crippen molar-refractivity contribution in [3.8, 4) is 0 Å². The van der Waals surface area contributed by atoms with E-state index in [1.807, 2.05) is 23.6 Å². The summed E-state index contributed by atoms with van der Waals surface area (Å²) < 4.78 is 1.22. The predicted molar refractivity (Wildman–Crippen MR) is 73.3 cm³/mol. The van der Waals surface area contributed by atoms with Crippen molar-refractivity contribution in [1.29, 1.82) is 0 Å². The first-order valence-corrected chi connectivity index (χ1v) is 6.44. The molecule has 0 saturated carbocycles. The first kappa shape index (κ1) is 12.0. The summed E-state index contributed by atoms with van der Waals surface area (Å²) in [6.45, 7) is 3.60. The van der Waals surface area contributed by atoms with E-state index in [1.165, 1.54) is 4.70 Å². The van der Waals surface area contributed by atoms with Crippen LogP contribution < -0.4 is 5.73 Å². The summed E-state index contributed by atoms with van der Waals surface area (Å²) >= 11 is 1.67. The largest absolute Gasteiger partial charge is 0.321 e. The molecule has 0 aliphatic rings. The molecule has 0 fully saturated rings. The number of carbonyl (C=O) groups is 1. The third kappa shape index (κ3) is 2.62. The molecule has 1 atom stereocenters. The number of hydrogen-bond donors (Lipinski definition) is 1. The molecule has 88 valence electrons.